The second-order valence-electron chi connectivity index (χ2n) is 9.53. The molecule has 2 aromatic rings. The Labute approximate surface area is 200 Å². The Morgan fingerprint density at radius 3 is 2.59 bits per heavy atom. The summed E-state index contributed by atoms with van der Waals surface area (Å²) in [5, 5.41) is 0. The molecular weight excluding hydrogens is 457 g/mol. The van der Waals surface area contributed by atoms with E-state index in [9.17, 15) is 4.57 Å². The van der Waals surface area contributed by atoms with E-state index < -0.39 is 13.4 Å². The predicted octanol–water partition coefficient (Wildman–Crippen LogP) is 3.96. The van der Waals surface area contributed by atoms with E-state index in [1.165, 1.54) is 16.7 Å². The summed E-state index contributed by atoms with van der Waals surface area (Å²) in [5.41, 5.74) is 9.66. The van der Waals surface area contributed by atoms with Crippen molar-refractivity contribution in [2.45, 2.75) is 50.0 Å². The van der Waals surface area contributed by atoms with Crippen molar-refractivity contribution in [1.29, 1.82) is 0 Å². The Morgan fingerprint density at radius 1 is 1.06 bits per heavy atom. The smallest absolute Gasteiger partial charge is 0.469 e. The van der Waals surface area contributed by atoms with Gasteiger partial charge in [0.1, 0.15) is 5.75 Å². The summed E-state index contributed by atoms with van der Waals surface area (Å²) in [5.74, 6) is 2.83. The minimum Gasteiger partial charge on any atom is -0.493 e. The third-order valence-electron chi connectivity index (χ3n) is 7.04. The number of hydrogen-bond donors (Lipinski definition) is 3. The van der Waals surface area contributed by atoms with Crippen LogP contribution in [0.15, 0.2) is 36.4 Å². The standard InChI is InChI=1S/C25H34NO7P/c1-30-23-8-7-22(13-24(23)31-2)32-15-17-3-4-19-12-20(6-5-18(19)11-17)21-9-10-25(26,14-21)16-33-34(27,28)29/h5-8,12-13,17,21H,3-4,9-11,14-16,26H2,1-2H3,(H2,27,28,29)/t17-,21+,25-/m1/s1. The fraction of sp³-hybridized carbons (Fsp3) is 0.520. The first-order valence-corrected chi connectivity index (χ1v) is 13.2. The number of hydrogen-bond acceptors (Lipinski definition) is 6. The highest BCUT2D eigenvalue weighted by molar-refractivity contribution is 7.46. The molecule has 4 N–H and O–H groups in total. The number of phosphoric ester groups is 1. The maximum atomic E-state index is 11.0. The van der Waals surface area contributed by atoms with Gasteiger partial charge in [0.05, 0.1) is 27.4 Å². The van der Waals surface area contributed by atoms with Gasteiger partial charge in [0.25, 0.3) is 0 Å². The molecule has 0 aliphatic heterocycles. The predicted molar refractivity (Wildman–Crippen MR) is 129 cm³/mol. The zero-order chi connectivity index (χ0) is 24.3. The van der Waals surface area contributed by atoms with Crippen molar-refractivity contribution in [3.05, 3.63) is 53.1 Å². The molecule has 2 aliphatic rings. The fourth-order valence-corrected chi connectivity index (χ4v) is 5.58. The third kappa shape index (κ3) is 6.12. The van der Waals surface area contributed by atoms with Gasteiger partial charge in [0.15, 0.2) is 11.5 Å². The molecule has 2 aromatic carbocycles. The minimum absolute atomic E-state index is 0.125. The zero-order valence-corrected chi connectivity index (χ0v) is 20.6. The Balaban J connectivity index is 1.33. The average molecular weight is 492 g/mol. The van der Waals surface area contributed by atoms with E-state index in [4.69, 9.17) is 34.3 Å². The van der Waals surface area contributed by atoms with Crippen molar-refractivity contribution in [1.82, 2.24) is 0 Å². The molecule has 34 heavy (non-hydrogen) atoms. The van der Waals surface area contributed by atoms with E-state index >= 15 is 0 Å². The molecular formula is C25H34NO7P. The number of methoxy groups -OCH3 is 2. The van der Waals surface area contributed by atoms with Gasteiger partial charge in [-0.1, -0.05) is 18.2 Å². The van der Waals surface area contributed by atoms with Gasteiger partial charge in [-0.05, 0) is 79.2 Å². The molecule has 9 heteroatoms. The first-order valence-electron chi connectivity index (χ1n) is 11.6. The second-order valence-corrected chi connectivity index (χ2v) is 10.8. The summed E-state index contributed by atoms with van der Waals surface area (Å²) in [4.78, 5) is 18.0. The van der Waals surface area contributed by atoms with Crippen molar-refractivity contribution in [2.75, 3.05) is 27.4 Å². The normalized spacial score (nSPS) is 24.5. The Morgan fingerprint density at radius 2 is 1.85 bits per heavy atom. The molecule has 0 radical (unpaired) electrons. The lowest BCUT2D eigenvalue weighted by atomic mass is 9.82. The van der Waals surface area contributed by atoms with Gasteiger partial charge in [-0.25, -0.2) is 4.57 Å². The lowest BCUT2D eigenvalue weighted by Crippen LogP contribution is -2.41. The number of aryl methyl sites for hydroxylation is 1. The van der Waals surface area contributed by atoms with Crippen LogP contribution < -0.4 is 19.9 Å². The van der Waals surface area contributed by atoms with Crippen LogP contribution in [0.5, 0.6) is 17.2 Å². The Bertz CT molecular complexity index is 1060. The van der Waals surface area contributed by atoms with E-state index in [0.29, 0.717) is 36.9 Å². The highest BCUT2D eigenvalue weighted by atomic mass is 31.2. The first-order chi connectivity index (χ1) is 16.2. The quantitative estimate of drug-likeness (QED) is 0.451. The summed E-state index contributed by atoms with van der Waals surface area (Å²) < 4.78 is 32.4. The number of phosphoric acid groups is 1. The Hall–Kier alpha value is -2.09. The number of ether oxygens (including phenoxy) is 3. The van der Waals surface area contributed by atoms with Gasteiger partial charge in [-0.3, -0.25) is 4.52 Å². The number of nitrogens with two attached hydrogens (primary N) is 1. The molecule has 0 heterocycles. The topological polar surface area (TPSA) is 120 Å². The van der Waals surface area contributed by atoms with Crippen LogP contribution in [0, 0.1) is 5.92 Å². The molecule has 2 aliphatic carbocycles. The summed E-state index contributed by atoms with van der Waals surface area (Å²) >= 11 is 0. The van der Waals surface area contributed by atoms with Crippen LogP contribution >= 0.6 is 7.82 Å². The maximum absolute atomic E-state index is 11.0. The monoisotopic (exact) mass is 491 g/mol. The van der Waals surface area contributed by atoms with Gasteiger partial charge < -0.3 is 29.7 Å². The lowest BCUT2D eigenvalue weighted by Gasteiger charge is -2.27. The number of fused-ring (bicyclic) bond motifs is 1. The lowest BCUT2D eigenvalue weighted by molar-refractivity contribution is 0.153. The van der Waals surface area contributed by atoms with Gasteiger partial charge in [0, 0.05) is 11.6 Å². The van der Waals surface area contributed by atoms with Gasteiger partial charge in [-0.15, -0.1) is 0 Å². The SMILES string of the molecule is COc1ccc(OC[C@@H]2CCc3cc([C@H]4CC[C@](N)(COP(=O)(O)O)C4)ccc3C2)cc1OC. The molecule has 0 aromatic heterocycles. The molecule has 0 bridgehead atoms. The minimum atomic E-state index is -4.51. The van der Waals surface area contributed by atoms with E-state index in [2.05, 4.69) is 18.2 Å². The second kappa shape index (κ2) is 10.3. The van der Waals surface area contributed by atoms with Crippen LogP contribution in [0.25, 0.3) is 0 Å². The molecule has 4 rings (SSSR count). The van der Waals surface area contributed by atoms with Crippen LogP contribution in [-0.4, -0.2) is 42.8 Å². The molecule has 0 amide bonds. The van der Waals surface area contributed by atoms with Crippen molar-refractivity contribution in [2.24, 2.45) is 11.7 Å². The maximum Gasteiger partial charge on any atom is 0.469 e. The van der Waals surface area contributed by atoms with Crippen molar-refractivity contribution in [3.8, 4) is 17.2 Å². The number of rotatable bonds is 9. The van der Waals surface area contributed by atoms with Gasteiger partial charge >= 0.3 is 7.82 Å². The van der Waals surface area contributed by atoms with E-state index in [1.54, 1.807) is 14.2 Å². The molecule has 1 fully saturated rings. The molecule has 0 spiro atoms. The highest BCUT2D eigenvalue weighted by Crippen LogP contribution is 2.44. The summed E-state index contributed by atoms with van der Waals surface area (Å²) in [6, 6.07) is 12.3. The van der Waals surface area contributed by atoms with Crippen LogP contribution in [0.4, 0.5) is 0 Å². The average Bonchev–Trinajstić information content (AvgIpc) is 3.23. The van der Waals surface area contributed by atoms with Crippen LogP contribution in [-0.2, 0) is 21.9 Å². The van der Waals surface area contributed by atoms with Crippen molar-refractivity contribution < 1.29 is 33.1 Å². The molecule has 0 unspecified atom stereocenters. The molecule has 3 atom stereocenters. The van der Waals surface area contributed by atoms with Crippen molar-refractivity contribution in [3.63, 3.8) is 0 Å². The van der Waals surface area contributed by atoms with Gasteiger partial charge in [-0.2, -0.15) is 0 Å². The van der Waals surface area contributed by atoms with Crippen LogP contribution in [0.2, 0.25) is 0 Å². The molecule has 186 valence electrons. The largest absolute Gasteiger partial charge is 0.493 e. The zero-order valence-electron chi connectivity index (χ0n) is 19.7. The van der Waals surface area contributed by atoms with Crippen molar-refractivity contribution >= 4 is 7.82 Å². The highest BCUT2D eigenvalue weighted by Gasteiger charge is 2.38. The third-order valence-corrected chi connectivity index (χ3v) is 7.50. The van der Waals surface area contributed by atoms with E-state index in [1.807, 2.05) is 18.2 Å². The van der Waals surface area contributed by atoms with Crippen LogP contribution in [0.1, 0.15) is 48.3 Å². The van der Waals surface area contributed by atoms with E-state index in [0.717, 1.165) is 31.4 Å². The molecule has 0 saturated heterocycles. The Kier molecular flexibility index (Phi) is 7.55. The van der Waals surface area contributed by atoms with Gasteiger partial charge in [0.2, 0.25) is 0 Å². The van der Waals surface area contributed by atoms with Crippen LogP contribution in [0.3, 0.4) is 0 Å². The summed E-state index contributed by atoms with van der Waals surface area (Å²) in [6.45, 7) is 0.523. The molecule has 1 saturated carbocycles. The fourth-order valence-electron chi connectivity index (χ4n) is 5.15. The summed E-state index contributed by atoms with van der Waals surface area (Å²) in [6.07, 6.45) is 5.28. The molecule has 8 nitrogen and oxygen atoms in total. The first kappa shape index (κ1) is 25.0. The summed E-state index contributed by atoms with van der Waals surface area (Å²) in [7, 11) is -1.28. The van der Waals surface area contributed by atoms with E-state index in [-0.39, 0.29) is 12.5 Å². The number of benzene rings is 2.